The lowest BCUT2D eigenvalue weighted by molar-refractivity contribution is 0.360. The molecule has 2 aliphatic rings. The molecular weight excluding hydrogens is 314 g/mol. The van der Waals surface area contributed by atoms with Gasteiger partial charge < -0.3 is 10.2 Å². The molecule has 4 heteroatoms. The molecule has 20 heavy (non-hydrogen) atoms. The monoisotopic (exact) mass is 337 g/mol. The van der Waals surface area contributed by atoms with E-state index in [-0.39, 0.29) is 0 Å². The number of nitrogens with zero attached hydrogens (tertiary/aromatic N) is 2. The highest BCUT2D eigenvalue weighted by Gasteiger charge is 2.36. The van der Waals surface area contributed by atoms with Crippen molar-refractivity contribution in [1.29, 1.82) is 0 Å². The van der Waals surface area contributed by atoms with Gasteiger partial charge in [-0.15, -0.1) is 0 Å². The number of fused-ring (bicyclic) bond motifs is 1. The van der Waals surface area contributed by atoms with Crippen LogP contribution in [0.3, 0.4) is 0 Å². The lowest BCUT2D eigenvalue weighted by Gasteiger charge is -2.39. The van der Waals surface area contributed by atoms with Crippen LogP contribution in [-0.2, 0) is 6.54 Å². The zero-order valence-electron chi connectivity index (χ0n) is 12.2. The van der Waals surface area contributed by atoms with E-state index in [1.165, 1.54) is 50.0 Å². The van der Waals surface area contributed by atoms with Crippen LogP contribution in [0.25, 0.3) is 0 Å². The number of nitrogens with one attached hydrogen (secondary N) is 1. The Balaban J connectivity index is 1.87. The van der Waals surface area contributed by atoms with E-state index in [0.29, 0.717) is 0 Å². The highest BCUT2D eigenvalue weighted by atomic mass is 79.9. The van der Waals surface area contributed by atoms with Crippen LogP contribution in [0.2, 0.25) is 0 Å². The summed E-state index contributed by atoms with van der Waals surface area (Å²) in [6.07, 6.45) is 8.84. The van der Waals surface area contributed by atoms with Gasteiger partial charge in [-0.05, 0) is 60.1 Å². The summed E-state index contributed by atoms with van der Waals surface area (Å²) in [4.78, 5) is 7.35. The van der Waals surface area contributed by atoms with Crippen LogP contribution in [0.4, 0.5) is 5.82 Å². The highest BCUT2D eigenvalue weighted by molar-refractivity contribution is 9.10. The van der Waals surface area contributed by atoms with E-state index >= 15 is 0 Å². The fourth-order valence-electron chi connectivity index (χ4n) is 3.84. The molecular formula is C16H24BrN3. The molecule has 1 saturated heterocycles. The molecule has 0 bridgehead atoms. The van der Waals surface area contributed by atoms with E-state index in [4.69, 9.17) is 4.98 Å². The summed E-state index contributed by atoms with van der Waals surface area (Å²) in [5.74, 6) is 2.12. The largest absolute Gasteiger partial charge is 0.353 e. The molecule has 1 aliphatic carbocycles. The summed E-state index contributed by atoms with van der Waals surface area (Å²) >= 11 is 3.56. The molecule has 3 nitrogen and oxygen atoms in total. The maximum absolute atomic E-state index is 4.75. The second-order valence-corrected chi connectivity index (χ2v) is 6.93. The molecule has 1 saturated carbocycles. The Kier molecular flexibility index (Phi) is 4.61. The highest BCUT2D eigenvalue weighted by Crippen LogP contribution is 2.39. The number of rotatable bonds is 4. The Morgan fingerprint density at radius 2 is 2.20 bits per heavy atom. The zero-order chi connectivity index (χ0) is 13.9. The van der Waals surface area contributed by atoms with Gasteiger partial charge in [0.05, 0.1) is 0 Å². The van der Waals surface area contributed by atoms with Crippen molar-refractivity contribution >= 4 is 21.7 Å². The molecule has 0 spiro atoms. The number of hydrogen-bond donors (Lipinski definition) is 1. The Morgan fingerprint density at radius 3 is 3.05 bits per heavy atom. The third-order valence-electron chi connectivity index (χ3n) is 4.74. The van der Waals surface area contributed by atoms with Gasteiger partial charge in [0, 0.05) is 35.4 Å². The van der Waals surface area contributed by atoms with E-state index < -0.39 is 0 Å². The van der Waals surface area contributed by atoms with Crippen LogP contribution in [0.1, 0.15) is 44.6 Å². The fourth-order valence-corrected chi connectivity index (χ4v) is 4.22. The molecule has 110 valence electrons. The first kappa shape index (κ1) is 14.3. The quantitative estimate of drug-likeness (QED) is 0.907. The van der Waals surface area contributed by atoms with Crippen LogP contribution < -0.4 is 10.2 Å². The van der Waals surface area contributed by atoms with Gasteiger partial charge in [0.25, 0.3) is 0 Å². The second-order valence-electron chi connectivity index (χ2n) is 6.01. The second kappa shape index (κ2) is 6.44. The first-order valence-corrected chi connectivity index (χ1v) is 8.70. The Bertz CT molecular complexity index is 463. The summed E-state index contributed by atoms with van der Waals surface area (Å²) in [5, 5.41) is 3.44. The van der Waals surface area contributed by atoms with Gasteiger partial charge in [-0.25, -0.2) is 4.98 Å². The van der Waals surface area contributed by atoms with Gasteiger partial charge in [-0.2, -0.15) is 0 Å². The molecule has 0 aromatic carbocycles. The van der Waals surface area contributed by atoms with Crippen molar-refractivity contribution in [2.24, 2.45) is 5.92 Å². The molecule has 2 fully saturated rings. The van der Waals surface area contributed by atoms with Crippen molar-refractivity contribution in [3.8, 4) is 0 Å². The minimum Gasteiger partial charge on any atom is -0.353 e. The first-order valence-electron chi connectivity index (χ1n) is 7.91. The van der Waals surface area contributed by atoms with E-state index in [2.05, 4.69) is 39.1 Å². The predicted octanol–water partition coefficient (Wildman–Crippen LogP) is 3.72. The molecule has 1 aliphatic heterocycles. The van der Waals surface area contributed by atoms with Crippen molar-refractivity contribution in [2.75, 3.05) is 18.0 Å². The average molecular weight is 338 g/mol. The third kappa shape index (κ3) is 2.86. The minimum atomic E-state index is 0.734. The minimum absolute atomic E-state index is 0.734. The number of piperidine rings is 1. The number of halogens is 1. The summed E-state index contributed by atoms with van der Waals surface area (Å²) in [5.41, 5.74) is 1.33. The van der Waals surface area contributed by atoms with Crippen LogP contribution >= 0.6 is 15.9 Å². The van der Waals surface area contributed by atoms with Gasteiger partial charge in [-0.3, -0.25) is 0 Å². The smallest absolute Gasteiger partial charge is 0.133 e. The van der Waals surface area contributed by atoms with Crippen LogP contribution in [0.5, 0.6) is 0 Å². The molecule has 0 amide bonds. The maximum atomic E-state index is 4.75. The Morgan fingerprint density at radius 1 is 1.35 bits per heavy atom. The van der Waals surface area contributed by atoms with Crippen LogP contribution in [0, 0.1) is 5.92 Å². The lowest BCUT2D eigenvalue weighted by Crippen LogP contribution is -2.43. The standard InChI is InChI=1S/C16H24BrN3/c1-2-18-10-13-9-14(17)11-19-16(13)20-8-4-6-12-5-3-7-15(12)20/h9,11-12,15,18H,2-8,10H2,1H3. The van der Waals surface area contributed by atoms with Gasteiger partial charge in [-0.1, -0.05) is 13.3 Å². The van der Waals surface area contributed by atoms with Gasteiger partial charge >= 0.3 is 0 Å². The van der Waals surface area contributed by atoms with Crippen LogP contribution in [-0.4, -0.2) is 24.1 Å². The summed E-state index contributed by atoms with van der Waals surface area (Å²) in [7, 11) is 0. The fraction of sp³-hybridized carbons (Fsp3) is 0.688. The number of aromatic nitrogens is 1. The molecule has 1 aromatic rings. The average Bonchev–Trinajstić information content (AvgIpc) is 2.94. The predicted molar refractivity (Wildman–Crippen MR) is 87.0 cm³/mol. The molecule has 0 radical (unpaired) electrons. The molecule has 1 N–H and O–H groups in total. The van der Waals surface area contributed by atoms with Gasteiger partial charge in [0.1, 0.15) is 5.82 Å². The molecule has 2 heterocycles. The maximum Gasteiger partial charge on any atom is 0.133 e. The molecule has 1 aromatic heterocycles. The van der Waals surface area contributed by atoms with Crippen molar-refractivity contribution in [1.82, 2.24) is 10.3 Å². The van der Waals surface area contributed by atoms with E-state index in [9.17, 15) is 0 Å². The summed E-state index contributed by atoms with van der Waals surface area (Å²) in [6.45, 7) is 5.23. The van der Waals surface area contributed by atoms with Crippen molar-refractivity contribution < 1.29 is 0 Å². The number of hydrogen-bond acceptors (Lipinski definition) is 3. The van der Waals surface area contributed by atoms with Gasteiger partial charge in [0.2, 0.25) is 0 Å². The summed E-state index contributed by atoms with van der Waals surface area (Å²) < 4.78 is 1.08. The summed E-state index contributed by atoms with van der Waals surface area (Å²) in [6, 6.07) is 2.96. The van der Waals surface area contributed by atoms with Crippen molar-refractivity contribution in [3.05, 3.63) is 22.3 Å². The Labute approximate surface area is 130 Å². The SMILES string of the molecule is CCNCc1cc(Br)cnc1N1CCCC2CCCC21. The lowest BCUT2D eigenvalue weighted by atomic mass is 9.91. The normalized spacial score (nSPS) is 25.8. The van der Waals surface area contributed by atoms with Gasteiger partial charge in [0.15, 0.2) is 0 Å². The topological polar surface area (TPSA) is 28.2 Å². The van der Waals surface area contributed by atoms with Crippen LogP contribution in [0.15, 0.2) is 16.7 Å². The zero-order valence-corrected chi connectivity index (χ0v) is 13.8. The molecule has 3 rings (SSSR count). The first-order chi connectivity index (χ1) is 9.79. The van der Waals surface area contributed by atoms with E-state index in [0.717, 1.165) is 29.5 Å². The van der Waals surface area contributed by atoms with Crippen molar-refractivity contribution in [3.63, 3.8) is 0 Å². The molecule has 2 atom stereocenters. The number of anilines is 1. The molecule has 2 unspecified atom stereocenters. The van der Waals surface area contributed by atoms with E-state index in [1.807, 2.05) is 6.20 Å². The van der Waals surface area contributed by atoms with E-state index in [1.54, 1.807) is 0 Å². The Hall–Kier alpha value is -0.610. The third-order valence-corrected chi connectivity index (χ3v) is 5.17. The van der Waals surface area contributed by atoms with Crippen molar-refractivity contribution in [2.45, 2.75) is 51.6 Å². The number of pyridine rings is 1.